The Kier molecular flexibility index (Phi) is 9.56. The number of ether oxygens (including phenoxy) is 1. The molecule has 9 heteroatoms. The first-order valence-electron chi connectivity index (χ1n) is 16.1. The van der Waals surface area contributed by atoms with Gasteiger partial charge >= 0.3 is 0 Å². The third-order valence-corrected chi connectivity index (χ3v) is 9.04. The Hall–Kier alpha value is -4.08. The lowest BCUT2D eigenvalue weighted by molar-refractivity contribution is 0.112. The van der Waals surface area contributed by atoms with E-state index >= 15 is 0 Å². The monoisotopic (exact) mass is 610 g/mol. The molecule has 0 radical (unpaired) electrons. The molecule has 1 saturated heterocycles. The van der Waals surface area contributed by atoms with Crippen molar-refractivity contribution in [1.82, 2.24) is 24.8 Å². The van der Waals surface area contributed by atoms with Gasteiger partial charge in [-0.25, -0.2) is 9.37 Å². The van der Waals surface area contributed by atoms with Crippen molar-refractivity contribution in [2.45, 2.75) is 39.2 Å². The highest BCUT2D eigenvalue weighted by Crippen LogP contribution is 2.39. The lowest BCUT2D eigenvalue weighted by atomic mass is 9.96. The molecule has 5 heterocycles. The van der Waals surface area contributed by atoms with Crippen LogP contribution < -0.4 is 15.0 Å². The summed E-state index contributed by atoms with van der Waals surface area (Å²) in [7, 11) is 3.63. The van der Waals surface area contributed by atoms with Gasteiger partial charge in [0.05, 0.1) is 18.8 Å². The summed E-state index contributed by atoms with van der Waals surface area (Å²) in [4.78, 5) is 24.5. The number of hydrogen-bond donors (Lipinski definition) is 1. The van der Waals surface area contributed by atoms with Gasteiger partial charge in [0.2, 0.25) is 0 Å². The fraction of sp³-hybridized carbons (Fsp3) is 0.417. The number of aldehydes is 1. The number of likely N-dealkylation sites (N-methyl/N-ethyl adjacent to an activating group) is 1. The van der Waals surface area contributed by atoms with Crippen molar-refractivity contribution in [2.24, 2.45) is 5.92 Å². The van der Waals surface area contributed by atoms with Gasteiger partial charge in [0, 0.05) is 79.9 Å². The molecule has 2 aliphatic heterocycles. The van der Waals surface area contributed by atoms with Crippen molar-refractivity contribution < 1.29 is 13.9 Å². The van der Waals surface area contributed by atoms with Crippen LogP contribution in [0.3, 0.4) is 0 Å². The summed E-state index contributed by atoms with van der Waals surface area (Å²) in [5.41, 5.74) is 8.22. The number of aryl methyl sites for hydroxylation is 1. The van der Waals surface area contributed by atoms with Gasteiger partial charge in [-0.3, -0.25) is 9.78 Å². The average molecular weight is 611 g/mol. The summed E-state index contributed by atoms with van der Waals surface area (Å²) in [6.45, 7) is 8.93. The summed E-state index contributed by atoms with van der Waals surface area (Å²) in [5, 5.41) is 4.67. The Balaban J connectivity index is 0.000000189. The molecule has 236 valence electrons. The number of pyridine rings is 2. The highest BCUT2D eigenvalue weighted by molar-refractivity contribution is 6.01. The minimum Gasteiger partial charge on any atom is -0.493 e. The van der Waals surface area contributed by atoms with E-state index in [2.05, 4.69) is 67.9 Å². The number of fused-ring (bicyclic) bond motifs is 1. The fourth-order valence-electron chi connectivity index (χ4n) is 6.35. The smallest absolute Gasteiger partial charge is 0.171 e. The molecule has 1 aliphatic carbocycles. The third kappa shape index (κ3) is 6.94. The number of rotatable bonds is 8. The second-order valence-electron chi connectivity index (χ2n) is 12.3. The van der Waals surface area contributed by atoms with Crippen LogP contribution in [-0.2, 0) is 13.0 Å². The van der Waals surface area contributed by atoms with E-state index in [1.807, 2.05) is 18.5 Å². The van der Waals surface area contributed by atoms with Crippen LogP contribution in [0.15, 0.2) is 55.0 Å². The first-order chi connectivity index (χ1) is 22.0. The predicted molar refractivity (Wildman–Crippen MR) is 179 cm³/mol. The summed E-state index contributed by atoms with van der Waals surface area (Å²) in [5.74, 6) is 1.64. The van der Waals surface area contributed by atoms with Gasteiger partial charge < -0.3 is 24.4 Å². The number of nitrogens with one attached hydrogen (secondary N) is 1. The molecule has 7 rings (SSSR count). The molecule has 1 saturated carbocycles. The van der Waals surface area contributed by atoms with E-state index in [1.54, 1.807) is 0 Å². The SMILES string of the molecule is CCc1cnccc1-c1cc(C=O)cc2cc(C3=CCCNC3)n(CC3CC3)c12.COc1cc(F)cnc1N1CCN(C)CC1. The molecule has 0 atom stereocenters. The molecular formula is C36H43FN6O2. The average Bonchev–Trinajstić information content (AvgIpc) is 3.84. The van der Waals surface area contributed by atoms with Crippen LogP contribution >= 0.6 is 0 Å². The van der Waals surface area contributed by atoms with Crippen molar-refractivity contribution in [2.75, 3.05) is 58.3 Å². The van der Waals surface area contributed by atoms with Crippen molar-refractivity contribution in [1.29, 1.82) is 0 Å². The number of aromatic nitrogens is 3. The molecule has 0 unspecified atom stereocenters. The maximum atomic E-state index is 13.0. The Labute approximate surface area is 264 Å². The van der Waals surface area contributed by atoms with E-state index in [4.69, 9.17) is 4.74 Å². The quantitative estimate of drug-likeness (QED) is 0.251. The zero-order chi connectivity index (χ0) is 31.3. The Bertz CT molecular complexity index is 1690. The molecule has 0 amide bonds. The Morgan fingerprint density at radius 3 is 2.60 bits per heavy atom. The molecule has 0 bridgehead atoms. The highest BCUT2D eigenvalue weighted by atomic mass is 19.1. The van der Waals surface area contributed by atoms with Crippen LogP contribution in [0, 0.1) is 11.7 Å². The topological polar surface area (TPSA) is 75.5 Å². The number of hydrogen-bond acceptors (Lipinski definition) is 7. The highest BCUT2D eigenvalue weighted by Gasteiger charge is 2.26. The van der Waals surface area contributed by atoms with E-state index in [1.165, 1.54) is 60.1 Å². The molecule has 3 aliphatic rings. The second-order valence-corrected chi connectivity index (χ2v) is 12.3. The van der Waals surface area contributed by atoms with Gasteiger partial charge in [0.15, 0.2) is 11.6 Å². The number of nitrogens with zero attached hydrogens (tertiary/aromatic N) is 5. The first-order valence-corrected chi connectivity index (χ1v) is 16.1. The summed E-state index contributed by atoms with van der Waals surface area (Å²) in [6, 6.07) is 9.87. The van der Waals surface area contributed by atoms with E-state index in [0.717, 1.165) is 93.2 Å². The standard InChI is InChI=1S/C25H27N3O.C11H16FN3O/c1-2-19-13-27-9-7-22(19)23-11-18(16-29)10-21-12-24(20-4-3-8-26-14-20)28(25(21)23)15-17-5-6-17;1-14-3-5-15(6-4-14)11-10(16-2)7-9(12)8-13-11/h4,7,9-13,16-17,26H,2-3,5-6,8,14-15H2,1H3;7-8H,3-6H2,1-2H3. The minimum absolute atomic E-state index is 0.366. The summed E-state index contributed by atoms with van der Waals surface area (Å²) >= 11 is 0. The molecule has 1 aromatic carbocycles. The normalized spacial score (nSPS) is 17.1. The zero-order valence-electron chi connectivity index (χ0n) is 26.6. The van der Waals surface area contributed by atoms with E-state index in [9.17, 15) is 9.18 Å². The predicted octanol–water partition coefficient (Wildman–Crippen LogP) is 5.85. The summed E-state index contributed by atoms with van der Waals surface area (Å²) in [6.07, 6.45) is 13.0. The molecule has 8 nitrogen and oxygen atoms in total. The number of piperazine rings is 1. The lowest BCUT2D eigenvalue weighted by Gasteiger charge is -2.33. The van der Waals surface area contributed by atoms with Gasteiger partial charge in [0.1, 0.15) is 12.1 Å². The number of carbonyl (C=O) groups excluding carboxylic acids is 1. The van der Waals surface area contributed by atoms with Crippen LogP contribution in [0.1, 0.15) is 47.8 Å². The molecular weight excluding hydrogens is 567 g/mol. The zero-order valence-corrected chi connectivity index (χ0v) is 26.6. The molecule has 2 fully saturated rings. The van der Waals surface area contributed by atoms with Gasteiger partial charge in [-0.1, -0.05) is 13.0 Å². The van der Waals surface area contributed by atoms with E-state index in [0.29, 0.717) is 5.75 Å². The van der Waals surface area contributed by atoms with Gasteiger partial charge in [-0.05, 0) is 86.2 Å². The van der Waals surface area contributed by atoms with E-state index < -0.39 is 0 Å². The Morgan fingerprint density at radius 2 is 1.91 bits per heavy atom. The number of halogens is 1. The lowest BCUT2D eigenvalue weighted by Crippen LogP contribution is -2.44. The van der Waals surface area contributed by atoms with Crippen LogP contribution in [-0.4, -0.2) is 79.1 Å². The van der Waals surface area contributed by atoms with Crippen LogP contribution in [0.25, 0.3) is 27.6 Å². The fourth-order valence-corrected chi connectivity index (χ4v) is 6.35. The molecule has 1 N–H and O–H groups in total. The van der Waals surface area contributed by atoms with Crippen LogP contribution in [0.2, 0.25) is 0 Å². The molecule has 3 aromatic heterocycles. The Morgan fingerprint density at radius 1 is 1.09 bits per heavy atom. The summed E-state index contributed by atoms with van der Waals surface area (Å²) < 4.78 is 20.7. The van der Waals surface area contributed by atoms with Crippen molar-refractivity contribution in [3.05, 3.63) is 77.6 Å². The van der Waals surface area contributed by atoms with Crippen LogP contribution in [0.4, 0.5) is 10.2 Å². The molecule has 45 heavy (non-hydrogen) atoms. The van der Waals surface area contributed by atoms with Crippen molar-refractivity contribution >= 4 is 28.6 Å². The number of methoxy groups -OCH3 is 1. The first kappa shape index (κ1) is 30.9. The van der Waals surface area contributed by atoms with Gasteiger partial charge in [0.25, 0.3) is 0 Å². The van der Waals surface area contributed by atoms with Crippen molar-refractivity contribution in [3.63, 3.8) is 0 Å². The maximum Gasteiger partial charge on any atom is 0.171 e. The van der Waals surface area contributed by atoms with Crippen molar-refractivity contribution in [3.8, 4) is 16.9 Å². The van der Waals surface area contributed by atoms with Crippen LogP contribution in [0.5, 0.6) is 5.75 Å². The largest absolute Gasteiger partial charge is 0.493 e. The third-order valence-electron chi connectivity index (χ3n) is 9.04. The number of benzene rings is 1. The maximum absolute atomic E-state index is 13.0. The number of carbonyl (C=O) groups is 1. The second kappa shape index (κ2) is 13.9. The van der Waals surface area contributed by atoms with E-state index in [-0.39, 0.29) is 5.82 Å². The minimum atomic E-state index is -0.366. The number of anilines is 1. The van der Waals surface area contributed by atoms with Gasteiger partial charge in [-0.2, -0.15) is 0 Å². The molecule has 0 spiro atoms. The van der Waals surface area contributed by atoms with Gasteiger partial charge in [-0.15, -0.1) is 0 Å². The molecule has 4 aromatic rings.